The van der Waals surface area contributed by atoms with Crippen molar-refractivity contribution in [2.45, 2.75) is 380 Å². The van der Waals surface area contributed by atoms with E-state index in [-0.39, 0.29) is 25.7 Å². The number of carbonyl (C=O) groups is 4. The van der Waals surface area contributed by atoms with Crippen molar-refractivity contribution in [1.82, 2.24) is 0 Å². The number of ether oxygens (including phenoxy) is 4. The molecule has 0 rings (SSSR count). The average Bonchev–Trinajstić information content (AvgIpc) is 1.01. The fourth-order valence-electron chi connectivity index (χ4n) is 10.9. The van der Waals surface area contributed by atoms with E-state index in [0.29, 0.717) is 25.7 Å². The molecule has 0 bridgehead atoms. The third kappa shape index (κ3) is 72.8. The van der Waals surface area contributed by atoms with Crippen LogP contribution in [0.15, 0.2) is 72.9 Å². The first-order valence-corrected chi connectivity index (χ1v) is 43.2. The first kappa shape index (κ1) is 96.5. The van der Waals surface area contributed by atoms with E-state index in [0.717, 1.165) is 180 Å². The summed E-state index contributed by atoms with van der Waals surface area (Å²) in [5.74, 6) is -2.19. The number of rotatable bonds is 76. The highest BCUT2D eigenvalue weighted by Crippen LogP contribution is 2.45. The van der Waals surface area contributed by atoms with E-state index < -0.39 is 97.5 Å². The van der Waals surface area contributed by atoms with E-state index in [2.05, 4.69) is 101 Å². The molecule has 0 aromatic carbocycles. The number of carbonyl (C=O) groups excluding carboxylic acids is 4. The van der Waals surface area contributed by atoms with Crippen LogP contribution in [0.3, 0.4) is 0 Å². The molecule has 0 saturated carbocycles. The smallest absolute Gasteiger partial charge is 0.462 e. The van der Waals surface area contributed by atoms with Crippen molar-refractivity contribution in [3.8, 4) is 0 Å². The Hall–Kier alpha value is -3.50. The first-order chi connectivity index (χ1) is 48.7. The van der Waals surface area contributed by atoms with Crippen LogP contribution in [0.1, 0.15) is 362 Å². The molecule has 0 saturated heterocycles. The van der Waals surface area contributed by atoms with Crippen LogP contribution < -0.4 is 0 Å². The van der Waals surface area contributed by atoms with Gasteiger partial charge in [-0.1, -0.05) is 268 Å². The Kier molecular flexibility index (Phi) is 71.2. The number of aliphatic hydroxyl groups is 1. The fourth-order valence-corrected chi connectivity index (χ4v) is 12.5. The summed E-state index contributed by atoms with van der Waals surface area (Å²) in [6.45, 7) is 4.82. The van der Waals surface area contributed by atoms with E-state index in [1.165, 1.54) is 103 Å². The van der Waals surface area contributed by atoms with Gasteiger partial charge in [-0.3, -0.25) is 37.3 Å². The van der Waals surface area contributed by atoms with E-state index in [1.807, 2.05) is 0 Å². The molecule has 3 N–H and O–H groups in total. The number of allylic oxidation sites excluding steroid dienone is 12. The standard InChI is InChI=1S/C81H146O17P2/c1-5-9-13-17-21-25-29-33-37-41-45-49-53-57-61-65-78(83)91-71-76(97-80(85)67-63-59-55-51-47-43-39-35-31-27-23-19-15-11-7-3)73-95-99(87,88)93-69-75(82)70-94-100(89,90)96-74-77(98-81(86)68-64-60-56-52-48-44-40-36-32-28-24-20-16-12-8-4)72-92-79(84)66-62-58-54-50-46-42-38-34-30-26-22-18-14-10-6-2/h21,23,25-28,30,32-33,35,37,39,75-77,82H,5-20,22,24,29,31,34,36,38,40-74H2,1-4H3,(H,87,88)(H,89,90)/b25-21-,27-23-,30-26-,32-28-,37-33-,39-35-/t75?,76-,77-/m1/s1. The second kappa shape index (κ2) is 73.8. The lowest BCUT2D eigenvalue weighted by molar-refractivity contribution is -0.161. The number of unbranched alkanes of at least 4 members (excludes halogenated alkanes) is 38. The third-order valence-corrected chi connectivity index (χ3v) is 19.0. The highest BCUT2D eigenvalue weighted by molar-refractivity contribution is 7.47. The van der Waals surface area contributed by atoms with Crippen LogP contribution >= 0.6 is 15.6 Å². The molecule has 0 fully saturated rings. The van der Waals surface area contributed by atoms with Crippen molar-refractivity contribution in [2.24, 2.45) is 0 Å². The van der Waals surface area contributed by atoms with E-state index in [9.17, 15) is 43.2 Å². The van der Waals surface area contributed by atoms with Crippen molar-refractivity contribution < 1.29 is 80.2 Å². The van der Waals surface area contributed by atoms with Crippen LogP contribution in [0.4, 0.5) is 0 Å². The molecular formula is C81H146O17P2. The van der Waals surface area contributed by atoms with Gasteiger partial charge in [0, 0.05) is 25.7 Å². The minimum Gasteiger partial charge on any atom is -0.462 e. The van der Waals surface area contributed by atoms with Gasteiger partial charge in [0.15, 0.2) is 12.2 Å². The Balaban J connectivity index is 5.36. The Bertz CT molecular complexity index is 2180. The maximum atomic E-state index is 13.1. The van der Waals surface area contributed by atoms with Gasteiger partial charge in [0.1, 0.15) is 19.3 Å². The number of hydrogen-bond donors (Lipinski definition) is 3. The van der Waals surface area contributed by atoms with Crippen molar-refractivity contribution >= 4 is 39.5 Å². The van der Waals surface area contributed by atoms with Crippen molar-refractivity contribution in [3.63, 3.8) is 0 Å². The molecule has 0 aliphatic carbocycles. The van der Waals surface area contributed by atoms with Gasteiger partial charge in [0.25, 0.3) is 0 Å². The van der Waals surface area contributed by atoms with Gasteiger partial charge in [-0.25, -0.2) is 9.13 Å². The molecular weight excluding hydrogens is 1310 g/mol. The summed E-state index contributed by atoms with van der Waals surface area (Å²) < 4.78 is 68.6. The molecule has 5 atom stereocenters. The summed E-state index contributed by atoms with van der Waals surface area (Å²) in [5, 5.41) is 10.6. The van der Waals surface area contributed by atoms with Crippen molar-refractivity contribution in [3.05, 3.63) is 72.9 Å². The highest BCUT2D eigenvalue weighted by atomic mass is 31.2. The molecule has 0 aromatic heterocycles. The molecule has 0 amide bonds. The molecule has 100 heavy (non-hydrogen) atoms. The van der Waals surface area contributed by atoms with E-state index in [4.69, 9.17) is 37.0 Å². The SMILES string of the molecule is CCCCC/C=C\C/C=C\CCCCCCCC(=O)OC[C@H](COP(=O)(O)OCC(O)COP(=O)(O)OC[C@@H](COC(=O)CCCCCCCCC/C=C\CCCCCC)OC(=O)CCCCCCCCC/C=C\CCCCCC)OC(=O)CCCCCCC/C=C\C/C=C\CCCCC. The molecule has 17 nitrogen and oxygen atoms in total. The van der Waals surface area contributed by atoms with Crippen LogP contribution in [-0.4, -0.2) is 96.7 Å². The van der Waals surface area contributed by atoms with Crippen LogP contribution in [-0.2, 0) is 65.4 Å². The normalized spacial score (nSPS) is 14.3. The van der Waals surface area contributed by atoms with Crippen molar-refractivity contribution in [1.29, 1.82) is 0 Å². The largest absolute Gasteiger partial charge is 0.472 e. The van der Waals surface area contributed by atoms with Gasteiger partial charge in [-0.15, -0.1) is 0 Å². The topological polar surface area (TPSA) is 237 Å². The zero-order valence-corrected chi connectivity index (χ0v) is 65.4. The Labute approximate surface area is 609 Å². The van der Waals surface area contributed by atoms with Crippen LogP contribution in [0.25, 0.3) is 0 Å². The molecule has 0 aromatic rings. The quantitative estimate of drug-likeness (QED) is 0.0169. The summed E-state index contributed by atoms with van der Waals surface area (Å²) in [7, 11) is -9.95. The molecule has 0 heterocycles. The second-order valence-corrected chi connectivity index (χ2v) is 29.9. The number of phosphoric ester groups is 2. The molecule has 0 aliphatic rings. The molecule has 19 heteroatoms. The average molecular weight is 1450 g/mol. The minimum atomic E-state index is -4.98. The second-order valence-electron chi connectivity index (χ2n) is 27.0. The maximum Gasteiger partial charge on any atom is 0.472 e. The molecule has 582 valence electrons. The molecule has 3 unspecified atom stereocenters. The van der Waals surface area contributed by atoms with E-state index >= 15 is 0 Å². The summed E-state index contributed by atoms with van der Waals surface area (Å²) >= 11 is 0. The van der Waals surface area contributed by atoms with Gasteiger partial charge in [0.05, 0.1) is 26.4 Å². The molecule has 0 aliphatic heterocycles. The summed E-state index contributed by atoms with van der Waals surface area (Å²) in [6, 6.07) is 0. The van der Waals surface area contributed by atoms with Gasteiger partial charge in [-0.2, -0.15) is 0 Å². The van der Waals surface area contributed by atoms with Gasteiger partial charge < -0.3 is 33.8 Å². The lowest BCUT2D eigenvalue weighted by Crippen LogP contribution is -2.30. The maximum absolute atomic E-state index is 13.1. The van der Waals surface area contributed by atoms with Crippen LogP contribution in [0.5, 0.6) is 0 Å². The zero-order chi connectivity index (χ0) is 73.2. The predicted molar refractivity (Wildman–Crippen MR) is 409 cm³/mol. The number of hydrogen-bond acceptors (Lipinski definition) is 15. The third-order valence-electron chi connectivity index (χ3n) is 17.1. The van der Waals surface area contributed by atoms with Gasteiger partial charge >= 0.3 is 39.5 Å². The Morgan fingerprint density at radius 3 is 0.770 bits per heavy atom. The fraction of sp³-hybridized carbons (Fsp3) is 0.802. The summed E-state index contributed by atoms with van der Waals surface area (Å²) in [5.41, 5.74) is 0. The van der Waals surface area contributed by atoms with E-state index in [1.54, 1.807) is 0 Å². The Morgan fingerprint density at radius 2 is 0.490 bits per heavy atom. The zero-order valence-electron chi connectivity index (χ0n) is 63.6. The van der Waals surface area contributed by atoms with Crippen LogP contribution in [0, 0.1) is 0 Å². The van der Waals surface area contributed by atoms with Crippen LogP contribution in [0.2, 0.25) is 0 Å². The lowest BCUT2D eigenvalue weighted by Gasteiger charge is -2.21. The summed E-state index contributed by atoms with van der Waals surface area (Å²) in [4.78, 5) is 73.0. The predicted octanol–water partition coefficient (Wildman–Crippen LogP) is 23.2. The molecule has 0 radical (unpaired) electrons. The molecule has 0 spiro atoms. The first-order valence-electron chi connectivity index (χ1n) is 40.2. The number of phosphoric acid groups is 2. The monoisotopic (exact) mass is 1450 g/mol. The number of esters is 4. The highest BCUT2D eigenvalue weighted by Gasteiger charge is 2.30. The minimum absolute atomic E-state index is 0.0782. The Morgan fingerprint density at radius 1 is 0.280 bits per heavy atom. The van der Waals surface area contributed by atoms with Crippen molar-refractivity contribution in [2.75, 3.05) is 39.6 Å². The lowest BCUT2D eigenvalue weighted by atomic mass is 10.1. The van der Waals surface area contributed by atoms with Gasteiger partial charge in [-0.05, 0) is 141 Å². The van der Waals surface area contributed by atoms with Gasteiger partial charge in [0.2, 0.25) is 0 Å². The summed E-state index contributed by atoms with van der Waals surface area (Å²) in [6.07, 6.45) is 74.4. The number of aliphatic hydroxyl groups excluding tert-OH is 1.